The summed E-state index contributed by atoms with van der Waals surface area (Å²) in [4.78, 5) is 14.1. The van der Waals surface area contributed by atoms with E-state index in [2.05, 4.69) is 9.72 Å². The van der Waals surface area contributed by atoms with Crippen LogP contribution in [0, 0.1) is 0 Å². The molecule has 0 aromatic carbocycles. The van der Waals surface area contributed by atoms with Crippen LogP contribution >= 0.6 is 11.6 Å². The minimum atomic E-state index is -4.69. The van der Waals surface area contributed by atoms with Gasteiger partial charge in [-0.05, 0) is 6.07 Å². The van der Waals surface area contributed by atoms with E-state index in [-0.39, 0.29) is 5.56 Å². The Balaban J connectivity index is 3.30. The van der Waals surface area contributed by atoms with Crippen molar-refractivity contribution in [1.29, 1.82) is 0 Å². The Labute approximate surface area is 87.8 Å². The highest BCUT2D eigenvalue weighted by Gasteiger charge is 2.36. The predicted molar refractivity (Wildman–Crippen MR) is 45.6 cm³/mol. The van der Waals surface area contributed by atoms with Gasteiger partial charge >= 0.3 is 12.1 Å². The molecule has 0 bridgehead atoms. The Morgan fingerprint density at radius 1 is 1.53 bits per heavy atom. The van der Waals surface area contributed by atoms with Crippen molar-refractivity contribution in [2.45, 2.75) is 6.18 Å². The van der Waals surface area contributed by atoms with Gasteiger partial charge in [0, 0.05) is 6.20 Å². The fourth-order valence-corrected chi connectivity index (χ4v) is 1.21. The molecule has 0 radical (unpaired) electrons. The Hall–Kier alpha value is -1.30. The molecule has 0 atom stereocenters. The Bertz CT molecular complexity index is 392. The standard InChI is InChI=1S/C8H5ClF3NO2/c1-15-7(14)4-2-3-13-6(5(4)9)8(10,11)12/h2-3H,1H3. The second kappa shape index (κ2) is 4.06. The monoisotopic (exact) mass is 239 g/mol. The number of carbonyl (C=O) groups excluding carboxylic acids is 1. The summed E-state index contributed by atoms with van der Waals surface area (Å²) in [5, 5.41) is -0.753. The third-order valence-electron chi connectivity index (χ3n) is 1.56. The Morgan fingerprint density at radius 2 is 2.13 bits per heavy atom. The number of ether oxygens (including phenoxy) is 1. The van der Waals surface area contributed by atoms with Crippen LogP contribution in [0.5, 0.6) is 0 Å². The number of hydrogen-bond acceptors (Lipinski definition) is 3. The van der Waals surface area contributed by atoms with Crippen molar-refractivity contribution in [3.63, 3.8) is 0 Å². The normalized spacial score (nSPS) is 11.3. The van der Waals surface area contributed by atoms with Crippen LogP contribution in [0.25, 0.3) is 0 Å². The van der Waals surface area contributed by atoms with E-state index in [0.717, 1.165) is 19.4 Å². The number of nitrogens with zero attached hydrogens (tertiary/aromatic N) is 1. The third-order valence-corrected chi connectivity index (χ3v) is 1.95. The topological polar surface area (TPSA) is 39.2 Å². The molecule has 1 aromatic heterocycles. The summed E-state index contributed by atoms with van der Waals surface area (Å²) in [5.74, 6) is -0.937. The molecule has 82 valence electrons. The van der Waals surface area contributed by atoms with E-state index in [4.69, 9.17) is 11.6 Å². The molecular formula is C8H5ClF3NO2. The van der Waals surface area contributed by atoms with Crippen molar-refractivity contribution in [3.05, 3.63) is 28.5 Å². The van der Waals surface area contributed by atoms with Gasteiger partial charge in [0.25, 0.3) is 0 Å². The molecule has 0 saturated carbocycles. The van der Waals surface area contributed by atoms with Crippen LogP contribution in [0.4, 0.5) is 13.2 Å². The van der Waals surface area contributed by atoms with E-state index < -0.39 is 22.9 Å². The number of esters is 1. The quantitative estimate of drug-likeness (QED) is 0.707. The van der Waals surface area contributed by atoms with E-state index in [0.29, 0.717) is 0 Å². The van der Waals surface area contributed by atoms with Gasteiger partial charge in [-0.1, -0.05) is 11.6 Å². The maximum absolute atomic E-state index is 12.3. The van der Waals surface area contributed by atoms with Gasteiger partial charge < -0.3 is 4.74 Å². The Morgan fingerprint density at radius 3 is 2.60 bits per heavy atom. The number of halogens is 4. The molecule has 0 N–H and O–H groups in total. The first kappa shape index (κ1) is 11.8. The fraction of sp³-hybridized carbons (Fsp3) is 0.250. The summed E-state index contributed by atoms with van der Waals surface area (Å²) in [7, 11) is 1.05. The van der Waals surface area contributed by atoms with Gasteiger partial charge in [-0.3, -0.25) is 4.98 Å². The van der Waals surface area contributed by atoms with Crippen LogP contribution in [-0.4, -0.2) is 18.1 Å². The fourth-order valence-electron chi connectivity index (χ4n) is 0.909. The zero-order chi connectivity index (χ0) is 11.6. The number of alkyl halides is 3. The molecule has 0 aliphatic heterocycles. The van der Waals surface area contributed by atoms with Gasteiger partial charge in [0.2, 0.25) is 0 Å². The Kier molecular flexibility index (Phi) is 3.18. The van der Waals surface area contributed by atoms with Gasteiger partial charge in [0.1, 0.15) is 0 Å². The lowest BCUT2D eigenvalue weighted by atomic mass is 10.2. The first-order valence-corrected chi connectivity index (χ1v) is 4.05. The van der Waals surface area contributed by atoms with E-state index in [1.165, 1.54) is 0 Å². The van der Waals surface area contributed by atoms with Gasteiger partial charge in [0.15, 0.2) is 5.69 Å². The van der Waals surface area contributed by atoms with Crippen LogP contribution in [-0.2, 0) is 10.9 Å². The van der Waals surface area contributed by atoms with E-state index in [1.54, 1.807) is 0 Å². The predicted octanol–water partition coefficient (Wildman–Crippen LogP) is 2.54. The van der Waals surface area contributed by atoms with Crippen molar-refractivity contribution < 1.29 is 22.7 Å². The van der Waals surface area contributed by atoms with Crippen LogP contribution in [0.3, 0.4) is 0 Å². The highest BCUT2D eigenvalue weighted by atomic mass is 35.5. The molecule has 1 heterocycles. The first-order valence-electron chi connectivity index (χ1n) is 3.68. The molecule has 0 fully saturated rings. The molecule has 3 nitrogen and oxygen atoms in total. The van der Waals surface area contributed by atoms with Crippen LogP contribution in [0.1, 0.15) is 16.1 Å². The SMILES string of the molecule is COC(=O)c1ccnc(C(F)(F)F)c1Cl. The summed E-state index contributed by atoms with van der Waals surface area (Å²) >= 11 is 5.38. The minimum Gasteiger partial charge on any atom is -0.465 e. The lowest BCUT2D eigenvalue weighted by Gasteiger charge is -2.09. The molecule has 0 aliphatic carbocycles. The van der Waals surface area contributed by atoms with Crippen molar-refractivity contribution in [3.8, 4) is 0 Å². The van der Waals surface area contributed by atoms with Gasteiger partial charge in [-0.2, -0.15) is 13.2 Å². The third kappa shape index (κ3) is 2.38. The van der Waals surface area contributed by atoms with Crippen molar-refractivity contribution >= 4 is 17.6 Å². The molecule has 15 heavy (non-hydrogen) atoms. The molecule has 0 amide bonds. The summed E-state index contributed by atoms with van der Waals surface area (Å²) < 4.78 is 41.2. The number of aromatic nitrogens is 1. The average Bonchev–Trinajstić information content (AvgIpc) is 2.15. The van der Waals surface area contributed by atoms with E-state index in [1.807, 2.05) is 0 Å². The highest BCUT2D eigenvalue weighted by Crippen LogP contribution is 2.34. The number of carbonyl (C=O) groups is 1. The number of methoxy groups -OCH3 is 1. The van der Waals surface area contributed by atoms with Crippen molar-refractivity contribution in [2.24, 2.45) is 0 Å². The lowest BCUT2D eigenvalue weighted by Crippen LogP contribution is -2.12. The largest absolute Gasteiger partial charge is 0.465 e. The molecule has 0 unspecified atom stereocenters. The molecule has 7 heteroatoms. The second-order valence-corrected chi connectivity index (χ2v) is 2.89. The van der Waals surface area contributed by atoms with Crippen LogP contribution < -0.4 is 0 Å². The number of hydrogen-bond donors (Lipinski definition) is 0. The smallest absolute Gasteiger partial charge is 0.434 e. The van der Waals surface area contributed by atoms with Gasteiger partial charge in [0.05, 0.1) is 17.7 Å². The maximum Gasteiger partial charge on any atom is 0.434 e. The lowest BCUT2D eigenvalue weighted by molar-refractivity contribution is -0.141. The highest BCUT2D eigenvalue weighted by molar-refractivity contribution is 6.34. The maximum atomic E-state index is 12.3. The molecule has 0 aliphatic rings. The molecular weight excluding hydrogens is 235 g/mol. The summed E-state index contributed by atoms with van der Waals surface area (Å²) in [5.41, 5.74) is -1.66. The van der Waals surface area contributed by atoms with Crippen molar-refractivity contribution in [1.82, 2.24) is 4.98 Å². The second-order valence-electron chi connectivity index (χ2n) is 2.51. The number of rotatable bonds is 1. The summed E-state index contributed by atoms with van der Waals surface area (Å²) in [6, 6.07) is 1.06. The molecule has 0 saturated heterocycles. The zero-order valence-corrected chi connectivity index (χ0v) is 8.19. The summed E-state index contributed by atoms with van der Waals surface area (Å²) in [6.45, 7) is 0. The van der Waals surface area contributed by atoms with Gasteiger partial charge in [-0.25, -0.2) is 4.79 Å². The van der Waals surface area contributed by atoms with Crippen LogP contribution in [0.2, 0.25) is 5.02 Å². The van der Waals surface area contributed by atoms with E-state index in [9.17, 15) is 18.0 Å². The molecule has 0 spiro atoms. The molecule has 1 aromatic rings. The molecule has 1 rings (SSSR count). The average molecular weight is 240 g/mol. The van der Waals surface area contributed by atoms with Crippen LogP contribution in [0.15, 0.2) is 12.3 Å². The van der Waals surface area contributed by atoms with Gasteiger partial charge in [-0.15, -0.1) is 0 Å². The number of pyridine rings is 1. The summed E-state index contributed by atoms with van der Waals surface area (Å²) in [6.07, 6.45) is -3.85. The van der Waals surface area contributed by atoms with Crippen molar-refractivity contribution in [2.75, 3.05) is 7.11 Å². The minimum absolute atomic E-state index is 0.360. The zero-order valence-electron chi connectivity index (χ0n) is 7.43. The first-order chi connectivity index (χ1) is 6.88. The van der Waals surface area contributed by atoms with E-state index >= 15 is 0 Å².